The van der Waals surface area contributed by atoms with Crippen molar-refractivity contribution in [3.63, 3.8) is 0 Å². The topological polar surface area (TPSA) is 87.2 Å². The molecule has 0 fully saturated rings. The van der Waals surface area contributed by atoms with E-state index >= 15 is 0 Å². The maximum Gasteiger partial charge on any atom is 0.263 e. The maximum absolute atomic E-state index is 12.4. The zero-order valence-electron chi connectivity index (χ0n) is 15.1. The number of benzene rings is 1. The molecule has 1 heterocycles. The van der Waals surface area contributed by atoms with Crippen molar-refractivity contribution < 1.29 is 8.42 Å². The van der Waals surface area contributed by atoms with Gasteiger partial charge in [0.1, 0.15) is 5.82 Å². The van der Waals surface area contributed by atoms with Gasteiger partial charge < -0.3 is 10.2 Å². The van der Waals surface area contributed by atoms with Gasteiger partial charge in [-0.3, -0.25) is 4.72 Å². The van der Waals surface area contributed by atoms with Crippen molar-refractivity contribution in [1.29, 1.82) is 0 Å². The van der Waals surface area contributed by atoms with Gasteiger partial charge in [0.05, 0.1) is 4.90 Å². The number of hydrogen-bond acceptors (Lipinski definition) is 6. The Morgan fingerprint density at radius 1 is 1.00 bits per heavy atom. The Bertz CT molecular complexity index is 804. The molecule has 0 bridgehead atoms. The van der Waals surface area contributed by atoms with Crippen LogP contribution >= 0.6 is 0 Å². The van der Waals surface area contributed by atoms with Crippen LogP contribution in [0.2, 0.25) is 0 Å². The molecule has 1 aromatic carbocycles. The summed E-state index contributed by atoms with van der Waals surface area (Å²) in [6.07, 6.45) is 0.982. The second-order valence-electron chi connectivity index (χ2n) is 6.24. The third-order valence-corrected chi connectivity index (χ3v) is 5.13. The molecule has 0 saturated carbocycles. The molecule has 8 heteroatoms. The minimum atomic E-state index is -3.67. The number of aromatic nitrogens is 2. The molecule has 2 rings (SSSR count). The highest BCUT2D eigenvalue weighted by Crippen LogP contribution is 2.18. The Kier molecular flexibility index (Phi) is 6.33. The van der Waals surface area contributed by atoms with E-state index in [0.29, 0.717) is 5.82 Å². The number of nitrogens with one attached hydrogen (secondary N) is 2. The lowest BCUT2D eigenvalue weighted by molar-refractivity contribution is 0.405. The van der Waals surface area contributed by atoms with Crippen LogP contribution in [0.3, 0.4) is 0 Å². The number of sulfonamides is 1. The molecular weight excluding hydrogens is 338 g/mol. The minimum absolute atomic E-state index is 0.192. The lowest BCUT2D eigenvalue weighted by Gasteiger charge is -2.11. The van der Waals surface area contributed by atoms with Crippen molar-refractivity contribution in [2.24, 2.45) is 0 Å². The van der Waals surface area contributed by atoms with Gasteiger partial charge in [0.2, 0.25) is 0 Å². The van der Waals surface area contributed by atoms with Crippen molar-refractivity contribution >= 4 is 21.7 Å². The highest BCUT2D eigenvalue weighted by atomic mass is 32.2. The molecule has 2 aromatic rings. The molecule has 0 amide bonds. The first-order valence-electron chi connectivity index (χ1n) is 8.10. The average molecular weight is 363 g/mol. The Labute approximate surface area is 149 Å². The number of rotatable bonds is 8. The lowest BCUT2D eigenvalue weighted by atomic mass is 10.1. The fourth-order valence-electron chi connectivity index (χ4n) is 2.17. The van der Waals surface area contributed by atoms with Gasteiger partial charge in [0, 0.05) is 6.54 Å². The molecule has 2 N–H and O–H groups in total. The summed E-state index contributed by atoms with van der Waals surface area (Å²) >= 11 is 0. The summed E-state index contributed by atoms with van der Waals surface area (Å²) in [6, 6.07) is 8.32. The Morgan fingerprint density at radius 2 is 1.68 bits per heavy atom. The number of hydrogen-bond donors (Lipinski definition) is 2. The SMILES string of the molecule is Cc1ccc(S(=O)(=O)Nc2ccc(NCCCN(C)C)nn2)cc1C. The number of anilines is 2. The quantitative estimate of drug-likeness (QED) is 0.700. The average Bonchev–Trinajstić information content (AvgIpc) is 2.55. The van der Waals surface area contributed by atoms with Crippen molar-refractivity contribution in [3.8, 4) is 0 Å². The van der Waals surface area contributed by atoms with Gasteiger partial charge in [-0.1, -0.05) is 6.07 Å². The second-order valence-corrected chi connectivity index (χ2v) is 7.92. The minimum Gasteiger partial charge on any atom is -0.369 e. The van der Waals surface area contributed by atoms with Crippen LogP contribution in [0, 0.1) is 13.8 Å². The van der Waals surface area contributed by atoms with Crippen LogP contribution < -0.4 is 10.0 Å². The lowest BCUT2D eigenvalue weighted by Crippen LogP contribution is -2.17. The molecule has 1 aromatic heterocycles. The van der Waals surface area contributed by atoms with E-state index in [4.69, 9.17) is 0 Å². The molecule has 0 aliphatic heterocycles. The van der Waals surface area contributed by atoms with Gasteiger partial charge >= 0.3 is 0 Å². The van der Waals surface area contributed by atoms with Gasteiger partial charge in [-0.15, -0.1) is 10.2 Å². The number of aryl methyl sites for hydroxylation is 2. The van der Waals surface area contributed by atoms with Crippen LogP contribution in [0.1, 0.15) is 17.5 Å². The van der Waals surface area contributed by atoms with E-state index in [2.05, 4.69) is 25.1 Å². The molecule has 25 heavy (non-hydrogen) atoms. The van der Waals surface area contributed by atoms with Gasteiger partial charge in [-0.05, 0) is 76.3 Å². The maximum atomic E-state index is 12.4. The summed E-state index contributed by atoms with van der Waals surface area (Å²) < 4.78 is 27.3. The van der Waals surface area contributed by atoms with E-state index in [0.717, 1.165) is 30.6 Å². The standard InChI is InChI=1S/C17H25N5O2S/c1-13-6-7-15(12-14(13)2)25(23,24)21-17-9-8-16(19-20-17)18-10-5-11-22(3)4/h6-9,12H,5,10-11H2,1-4H3,(H,18,19)(H,20,21). The largest absolute Gasteiger partial charge is 0.369 e. The molecule has 7 nitrogen and oxygen atoms in total. The highest BCUT2D eigenvalue weighted by molar-refractivity contribution is 7.92. The Balaban J connectivity index is 1.99. The van der Waals surface area contributed by atoms with Gasteiger partial charge in [0.15, 0.2) is 5.82 Å². The fraction of sp³-hybridized carbons (Fsp3) is 0.412. The van der Waals surface area contributed by atoms with E-state index in [1.54, 1.807) is 30.3 Å². The molecule has 0 aliphatic carbocycles. The van der Waals surface area contributed by atoms with Crippen LogP contribution in [0.25, 0.3) is 0 Å². The molecule has 0 aliphatic rings. The third kappa shape index (κ3) is 5.68. The fourth-order valence-corrected chi connectivity index (χ4v) is 3.25. The van der Waals surface area contributed by atoms with Crippen LogP contribution in [0.15, 0.2) is 35.2 Å². The van der Waals surface area contributed by atoms with E-state index < -0.39 is 10.0 Å². The summed E-state index contributed by atoms with van der Waals surface area (Å²) in [6.45, 7) is 5.58. The second kappa shape index (κ2) is 8.26. The monoisotopic (exact) mass is 363 g/mol. The third-order valence-electron chi connectivity index (χ3n) is 3.78. The first kappa shape index (κ1) is 19.1. The predicted octanol–water partition coefficient (Wildman–Crippen LogP) is 2.26. The van der Waals surface area contributed by atoms with Gasteiger partial charge in [0.25, 0.3) is 10.0 Å². The normalized spacial score (nSPS) is 11.6. The van der Waals surface area contributed by atoms with Crippen LogP contribution in [0.5, 0.6) is 0 Å². The highest BCUT2D eigenvalue weighted by Gasteiger charge is 2.15. The van der Waals surface area contributed by atoms with E-state index in [1.807, 2.05) is 27.9 Å². The van der Waals surface area contributed by atoms with Gasteiger partial charge in [-0.25, -0.2) is 8.42 Å². The summed E-state index contributed by atoms with van der Waals surface area (Å²) in [5, 5.41) is 11.1. The van der Waals surface area contributed by atoms with Crippen molar-refractivity contribution in [2.75, 3.05) is 37.2 Å². The van der Waals surface area contributed by atoms with Crippen LogP contribution in [-0.2, 0) is 10.0 Å². The molecule has 0 unspecified atom stereocenters. The zero-order valence-corrected chi connectivity index (χ0v) is 15.9. The molecule has 0 radical (unpaired) electrons. The van der Waals surface area contributed by atoms with Crippen molar-refractivity contribution in [2.45, 2.75) is 25.2 Å². The van der Waals surface area contributed by atoms with Crippen molar-refractivity contribution in [3.05, 3.63) is 41.5 Å². The van der Waals surface area contributed by atoms with E-state index in [-0.39, 0.29) is 10.7 Å². The molecule has 0 atom stereocenters. The molecule has 0 spiro atoms. The summed E-state index contributed by atoms with van der Waals surface area (Å²) in [7, 11) is 0.374. The molecular formula is C17H25N5O2S. The Morgan fingerprint density at radius 3 is 2.28 bits per heavy atom. The summed E-state index contributed by atoms with van der Waals surface area (Å²) in [5.41, 5.74) is 1.97. The predicted molar refractivity (Wildman–Crippen MR) is 100 cm³/mol. The number of nitrogens with zero attached hydrogens (tertiary/aromatic N) is 3. The van der Waals surface area contributed by atoms with E-state index in [9.17, 15) is 8.42 Å². The Hall–Kier alpha value is -2.19. The zero-order chi connectivity index (χ0) is 18.4. The first-order valence-corrected chi connectivity index (χ1v) is 9.58. The summed E-state index contributed by atoms with van der Waals surface area (Å²) in [4.78, 5) is 2.32. The summed E-state index contributed by atoms with van der Waals surface area (Å²) in [5.74, 6) is 0.810. The van der Waals surface area contributed by atoms with Gasteiger partial charge in [-0.2, -0.15) is 0 Å². The smallest absolute Gasteiger partial charge is 0.263 e. The molecule has 136 valence electrons. The first-order chi connectivity index (χ1) is 11.8. The van der Waals surface area contributed by atoms with Crippen LogP contribution in [0.4, 0.5) is 11.6 Å². The van der Waals surface area contributed by atoms with E-state index in [1.165, 1.54) is 0 Å². The van der Waals surface area contributed by atoms with Crippen molar-refractivity contribution in [1.82, 2.24) is 15.1 Å². The van der Waals surface area contributed by atoms with Crippen LogP contribution in [-0.4, -0.2) is 50.7 Å². The molecule has 0 saturated heterocycles.